The van der Waals surface area contributed by atoms with Crippen molar-refractivity contribution in [1.82, 2.24) is 5.43 Å². The van der Waals surface area contributed by atoms with Gasteiger partial charge in [-0.3, -0.25) is 14.4 Å². The molecule has 0 aliphatic carbocycles. The summed E-state index contributed by atoms with van der Waals surface area (Å²) in [5.41, 5.74) is 0.00666. The zero-order valence-electron chi connectivity index (χ0n) is 18.8. The van der Waals surface area contributed by atoms with Crippen LogP contribution in [0.3, 0.4) is 0 Å². The van der Waals surface area contributed by atoms with Crippen LogP contribution in [0.4, 0.5) is 11.4 Å². The largest absolute Gasteiger partial charge is 0.375 e. The Bertz CT molecular complexity index is 1370. The Hall–Kier alpha value is -4.05. The van der Waals surface area contributed by atoms with E-state index in [1.807, 2.05) is 0 Å². The van der Waals surface area contributed by atoms with Crippen LogP contribution in [0, 0.1) is 0 Å². The first kappa shape index (κ1) is 23.7. The molecule has 0 bridgehead atoms. The number of hydrazone groups is 1. The lowest BCUT2D eigenvalue weighted by Crippen LogP contribution is -2.41. The number of anilines is 2. The van der Waals surface area contributed by atoms with E-state index in [9.17, 15) is 24.6 Å². The molecule has 9 nitrogen and oxygen atoms in total. The smallest absolute Gasteiger partial charge is 0.272 e. The van der Waals surface area contributed by atoms with Crippen LogP contribution in [0.1, 0.15) is 34.3 Å². The van der Waals surface area contributed by atoms with E-state index in [-0.39, 0.29) is 16.3 Å². The summed E-state index contributed by atoms with van der Waals surface area (Å²) in [4.78, 5) is 38.4. The fourth-order valence-electron chi connectivity index (χ4n) is 4.52. The third kappa shape index (κ3) is 3.93. The summed E-state index contributed by atoms with van der Waals surface area (Å²) in [6, 6.07) is 19.6. The first-order chi connectivity index (χ1) is 17.2. The van der Waals surface area contributed by atoms with Crippen molar-refractivity contribution < 1.29 is 24.6 Å². The third-order valence-electron chi connectivity index (χ3n) is 6.35. The molecule has 2 aliphatic rings. The Morgan fingerprint density at radius 2 is 1.28 bits per heavy atom. The summed E-state index contributed by atoms with van der Waals surface area (Å²) in [7, 11) is 0. The van der Waals surface area contributed by atoms with Crippen LogP contribution < -0.4 is 16.1 Å². The maximum Gasteiger partial charge on any atom is 0.272 e. The van der Waals surface area contributed by atoms with Crippen molar-refractivity contribution in [2.24, 2.45) is 5.10 Å². The Morgan fingerprint density at radius 3 is 1.81 bits per heavy atom. The number of fused-ring (bicyclic) bond motifs is 2. The van der Waals surface area contributed by atoms with Gasteiger partial charge in [0.1, 0.15) is 0 Å². The van der Waals surface area contributed by atoms with Gasteiger partial charge < -0.3 is 20.8 Å². The monoisotopic (exact) mass is 504 g/mol. The van der Waals surface area contributed by atoms with Crippen molar-refractivity contribution in [3.63, 3.8) is 0 Å². The number of aliphatic hydroxyl groups is 2. The Balaban J connectivity index is 1.52. The molecule has 0 fully saturated rings. The van der Waals surface area contributed by atoms with Crippen LogP contribution in [0.15, 0.2) is 77.9 Å². The van der Waals surface area contributed by atoms with Gasteiger partial charge in [-0.2, -0.15) is 5.10 Å². The average molecular weight is 505 g/mol. The molecule has 0 saturated carbocycles. The maximum absolute atomic E-state index is 12.8. The molecule has 0 saturated heterocycles. The Morgan fingerprint density at radius 1 is 0.806 bits per heavy atom. The molecule has 10 heteroatoms. The fraction of sp³-hybridized carbons (Fsp3) is 0.154. The molecule has 36 heavy (non-hydrogen) atoms. The van der Waals surface area contributed by atoms with Gasteiger partial charge in [0.05, 0.1) is 10.6 Å². The lowest BCUT2D eigenvalue weighted by Gasteiger charge is -2.26. The van der Waals surface area contributed by atoms with Gasteiger partial charge in [-0.1, -0.05) is 60.1 Å². The zero-order valence-corrected chi connectivity index (χ0v) is 19.5. The molecule has 3 aromatic rings. The van der Waals surface area contributed by atoms with Gasteiger partial charge in [-0.05, 0) is 24.3 Å². The van der Waals surface area contributed by atoms with Crippen LogP contribution in [0.5, 0.6) is 0 Å². The van der Waals surface area contributed by atoms with Crippen molar-refractivity contribution >= 4 is 46.4 Å². The van der Waals surface area contributed by atoms with Gasteiger partial charge in [0.2, 0.25) is 0 Å². The highest BCUT2D eigenvalue weighted by Crippen LogP contribution is 2.42. The predicted molar refractivity (Wildman–Crippen MR) is 134 cm³/mol. The SMILES string of the molecule is O=C(NN=C(CC1(O)C(=O)Nc2ccccc21)CC1(O)C(=O)Nc2ccccc21)c1ccccc1Cl. The van der Waals surface area contributed by atoms with Crippen molar-refractivity contribution in [2.45, 2.75) is 24.0 Å². The molecular weight excluding hydrogens is 484 g/mol. The van der Waals surface area contributed by atoms with E-state index in [0.717, 1.165) is 0 Å². The normalized spacial score (nSPS) is 21.8. The first-order valence-electron chi connectivity index (χ1n) is 11.1. The van der Waals surface area contributed by atoms with Crippen LogP contribution in [0.25, 0.3) is 0 Å². The lowest BCUT2D eigenvalue weighted by molar-refractivity contribution is -0.133. The van der Waals surface area contributed by atoms with Crippen molar-refractivity contribution in [3.8, 4) is 0 Å². The van der Waals surface area contributed by atoms with E-state index >= 15 is 0 Å². The van der Waals surface area contributed by atoms with E-state index in [0.29, 0.717) is 22.5 Å². The highest BCUT2D eigenvalue weighted by atomic mass is 35.5. The number of nitrogens with one attached hydrogen (secondary N) is 3. The van der Waals surface area contributed by atoms with Crippen LogP contribution >= 0.6 is 11.6 Å². The van der Waals surface area contributed by atoms with Gasteiger partial charge in [-0.25, -0.2) is 5.43 Å². The molecule has 3 aromatic carbocycles. The Labute approximate surface area is 210 Å². The summed E-state index contributed by atoms with van der Waals surface area (Å²) in [5, 5.41) is 32.5. The van der Waals surface area contributed by atoms with E-state index in [4.69, 9.17) is 11.6 Å². The second kappa shape index (κ2) is 8.87. The second-order valence-electron chi connectivity index (χ2n) is 8.67. The number of hydrogen-bond acceptors (Lipinski definition) is 6. The predicted octanol–water partition coefficient (Wildman–Crippen LogP) is 2.89. The highest BCUT2D eigenvalue weighted by Gasteiger charge is 2.50. The average Bonchev–Trinajstić information content (AvgIpc) is 3.26. The number of benzene rings is 3. The van der Waals surface area contributed by atoms with Crippen molar-refractivity contribution in [3.05, 3.63) is 94.5 Å². The number of hydrogen-bond donors (Lipinski definition) is 5. The number of nitrogens with zero attached hydrogens (tertiary/aromatic N) is 1. The highest BCUT2D eigenvalue weighted by molar-refractivity contribution is 6.33. The molecule has 182 valence electrons. The van der Waals surface area contributed by atoms with Crippen molar-refractivity contribution in [2.75, 3.05) is 10.6 Å². The first-order valence-corrected chi connectivity index (χ1v) is 11.5. The number of carbonyl (C=O) groups excluding carboxylic acids is 3. The van der Waals surface area contributed by atoms with Crippen molar-refractivity contribution in [1.29, 1.82) is 0 Å². The topological polar surface area (TPSA) is 140 Å². The quantitative estimate of drug-likeness (QED) is 0.259. The van der Waals surface area contributed by atoms with Gasteiger partial charge in [0.25, 0.3) is 17.7 Å². The minimum absolute atomic E-state index is 0.0131. The molecule has 5 N–H and O–H groups in total. The number of para-hydroxylation sites is 2. The van der Waals surface area contributed by atoms with Gasteiger partial charge in [0, 0.05) is 41.1 Å². The standard InChI is InChI=1S/C26H21ClN4O5/c27-19-10-4-1-7-16(19)22(32)31-30-15(13-25(35)17-8-2-5-11-20(17)28-23(25)33)14-26(36)18-9-3-6-12-21(18)29-24(26)34/h1-12,35-36H,13-14H2,(H,28,33)(H,29,34)(H,31,32). The fourth-order valence-corrected chi connectivity index (χ4v) is 4.74. The van der Waals surface area contributed by atoms with Crippen LogP contribution in [-0.2, 0) is 20.8 Å². The molecule has 2 heterocycles. The second-order valence-corrected chi connectivity index (χ2v) is 9.08. The molecule has 5 rings (SSSR count). The number of carbonyl (C=O) groups is 3. The molecule has 0 aromatic heterocycles. The van der Waals surface area contributed by atoms with E-state index < -0.39 is 41.8 Å². The number of rotatable bonds is 6. The van der Waals surface area contributed by atoms with E-state index in [2.05, 4.69) is 21.2 Å². The van der Waals surface area contributed by atoms with Gasteiger partial charge in [-0.15, -0.1) is 0 Å². The lowest BCUT2D eigenvalue weighted by atomic mass is 9.83. The molecule has 0 radical (unpaired) electrons. The summed E-state index contributed by atoms with van der Waals surface area (Å²) >= 11 is 6.11. The molecule has 2 aliphatic heterocycles. The number of halogens is 1. The van der Waals surface area contributed by atoms with Gasteiger partial charge in [0.15, 0.2) is 11.2 Å². The third-order valence-corrected chi connectivity index (χ3v) is 6.68. The molecule has 0 spiro atoms. The minimum atomic E-state index is -2.03. The minimum Gasteiger partial charge on any atom is -0.375 e. The molecule has 3 amide bonds. The van der Waals surface area contributed by atoms with Crippen LogP contribution in [-0.4, -0.2) is 33.6 Å². The molecular formula is C26H21ClN4O5. The van der Waals surface area contributed by atoms with E-state index in [1.54, 1.807) is 66.7 Å². The number of amides is 3. The van der Waals surface area contributed by atoms with Crippen LogP contribution in [0.2, 0.25) is 5.02 Å². The summed E-state index contributed by atoms with van der Waals surface area (Å²) in [6.07, 6.45) is -0.785. The molecule has 2 unspecified atom stereocenters. The molecule has 2 atom stereocenters. The zero-order chi connectivity index (χ0) is 25.5. The maximum atomic E-state index is 12.8. The Kier molecular flexibility index (Phi) is 5.83. The van der Waals surface area contributed by atoms with Gasteiger partial charge >= 0.3 is 0 Å². The summed E-state index contributed by atoms with van der Waals surface area (Å²) in [5.74, 6) is -2.00. The summed E-state index contributed by atoms with van der Waals surface area (Å²) < 4.78 is 0. The summed E-state index contributed by atoms with van der Waals surface area (Å²) in [6.45, 7) is 0. The van der Waals surface area contributed by atoms with E-state index in [1.165, 1.54) is 6.07 Å².